The third-order valence-corrected chi connectivity index (χ3v) is 6.06. The second-order valence-corrected chi connectivity index (χ2v) is 7.81. The van der Waals surface area contributed by atoms with Crippen LogP contribution in [-0.4, -0.2) is 59.9 Å². The molecule has 0 aromatic carbocycles. The van der Waals surface area contributed by atoms with Crippen molar-refractivity contribution in [2.45, 2.75) is 76.8 Å². The van der Waals surface area contributed by atoms with E-state index in [0.717, 1.165) is 51.7 Å². The molecule has 5 nitrogen and oxygen atoms in total. The average molecular weight is 348 g/mol. The Balaban J connectivity index is 1.45. The average Bonchev–Trinajstić information content (AvgIpc) is 3.24. The summed E-state index contributed by atoms with van der Waals surface area (Å²) >= 11 is 0. The molecule has 2 atom stereocenters. The van der Waals surface area contributed by atoms with Crippen molar-refractivity contribution in [3.8, 4) is 0 Å². The molecule has 2 fully saturated rings. The second-order valence-electron chi connectivity index (χ2n) is 7.81. The minimum absolute atomic E-state index is 0.135. The molecule has 25 heavy (non-hydrogen) atoms. The van der Waals surface area contributed by atoms with Gasteiger partial charge in [-0.15, -0.1) is 0 Å². The predicted octanol–water partition coefficient (Wildman–Crippen LogP) is 2.47. The Bertz CT molecular complexity index is 517. The largest absolute Gasteiger partial charge is 0.355 e. The minimum Gasteiger partial charge on any atom is -0.355 e. The maximum absolute atomic E-state index is 12.4. The summed E-state index contributed by atoms with van der Waals surface area (Å²) in [6, 6.07) is 0.665. The molecule has 2 heterocycles. The lowest BCUT2D eigenvalue weighted by Gasteiger charge is -2.34. The molecule has 0 saturated carbocycles. The van der Waals surface area contributed by atoms with Gasteiger partial charge in [0.25, 0.3) is 0 Å². The van der Waals surface area contributed by atoms with Gasteiger partial charge in [0.2, 0.25) is 11.8 Å². The number of nitrogens with one attached hydrogen (secondary N) is 1. The maximum atomic E-state index is 12.4. The van der Waals surface area contributed by atoms with E-state index >= 15 is 0 Å². The summed E-state index contributed by atoms with van der Waals surface area (Å²) in [4.78, 5) is 28.6. The molecule has 1 N–H and O–H groups in total. The van der Waals surface area contributed by atoms with Crippen molar-refractivity contribution < 1.29 is 9.59 Å². The molecule has 2 aliphatic heterocycles. The second kappa shape index (κ2) is 8.84. The van der Waals surface area contributed by atoms with E-state index in [0.29, 0.717) is 18.6 Å². The smallest absolute Gasteiger partial charge is 0.234 e. The summed E-state index contributed by atoms with van der Waals surface area (Å²) < 4.78 is 0. The summed E-state index contributed by atoms with van der Waals surface area (Å²) in [5.41, 5.74) is 1.51. The van der Waals surface area contributed by atoms with E-state index in [-0.39, 0.29) is 11.8 Å². The van der Waals surface area contributed by atoms with Crippen LogP contribution in [0.15, 0.2) is 11.6 Å². The fourth-order valence-corrected chi connectivity index (χ4v) is 4.80. The van der Waals surface area contributed by atoms with Gasteiger partial charge < -0.3 is 10.2 Å². The number of amides is 2. The molecule has 0 aromatic rings. The van der Waals surface area contributed by atoms with E-state index in [1.54, 1.807) is 6.92 Å². The standard InChI is InChI=1S/C20H33N3O2/c1-16(24)23-14-6-10-19(23)18-9-5-13-22(18)15-20(25)21-12-11-17-7-3-2-4-8-17/h7,18-19H,2-6,8-15H2,1H3,(H,21,25)/t18-,19-/m1/s1. The first-order valence-corrected chi connectivity index (χ1v) is 10.1. The van der Waals surface area contributed by atoms with E-state index < -0.39 is 0 Å². The van der Waals surface area contributed by atoms with Crippen molar-refractivity contribution in [3.05, 3.63) is 11.6 Å². The summed E-state index contributed by atoms with van der Waals surface area (Å²) in [6.45, 7) is 4.76. The lowest BCUT2D eigenvalue weighted by molar-refractivity contribution is -0.130. The van der Waals surface area contributed by atoms with Gasteiger partial charge in [0.1, 0.15) is 0 Å². The third kappa shape index (κ3) is 4.84. The number of hydrogen-bond donors (Lipinski definition) is 1. The highest BCUT2D eigenvalue weighted by atomic mass is 16.2. The highest BCUT2D eigenvalue weighted by Crippen LogP contribution is 2.29. The van der Waals surface area contributed by atoms with Crippen LogP contribution in [0, 0.1) is 0 Å². The Kier molecular flexibility index (Phi) is 6.51. The summed E-state index contributed by atoms with van der Waals surface area (Å²) in [7, 11) is 0. The van der Waals surface area contributed by atoms with Crippen LogP contribution in [0.1, 0.15) is 64.7 Å². The molecule has 0 bridgehead atoms. The van der Waals surface area contributed by atoms with Crippen molar-refractivity contribution in [2.75, 3.05) is 26.2 Å². The van der Waals surface area contributed by atoms with Crippen LogP contribution in [0.2, 0.25) is 0 Å². The fraction of sp³-hybridized carbons (Fsp3) is 0.800. The number of carbonyl (C=O) groups is 2. The van der Waals surface area contributed by atoms with Crippen molar-refractivity contribution in [1.29, 1.82) is 0 Å². The van der Waals surface area contributed by atoms with Crippen LogP contribution < -0.4 is 5.32 Å². The molecule has 1 aliphatic carbocycles. The Labute approximate surface area is 151 Å². The van der Waals surface area contributed by atoms with Gasteiger partial charge >= 0.3 is 0 Å². The monoisotopic (exact) mass is 347 g/mol. The zero-order chi connectivity index (χ0) is 17.6. The number of hydrogen-bond acceptors (Lipinski definition) is 3. The number of carbonyl (C=O) groups excluding carboxylic acids is 2. The van der Waals surface area contributed by atoms with E-state index in [2.05, 4.69) is 16.3 Å². The third-order valence-electron chi connectivity index (χ3n) is 6.06. The van der Waals surface area contributed by atoms with E-state index in [1.165, 1.54) is 31.3 Å². The van der Waals surface area contributed by atoms with Gasteiger partial charge in [-0.2, -0.15) is 0 Å². The van der Waals surface area contributed by atoms with Crippen molar-refractivity contribution in [2.24, 2.45) is 0 Å². The van der Waals surface area contributed by atoms with Crippen molar-refractivity contribution in [1.82, 2.24) is 15.1 Å². The molecule has 0 aromatic heterocycles. The first kappa shape index (κ1) is 18.4. The molecule has 2 amide bonds. The first-order valence-electron chi connectivity index (χ1n) is 10.1. The predicted molar refractivity (Wildman–Crippen MR) is 99.2 cm³/mol. The quantitative estimate of drug-likeness (QED) is 0.751. The van der Waals surface area contributed by atoms with Crippen LogP contribution in [0.25, 0.3) is 0 Å². The maximum Gasteiger partial charge on any atom is 0.234 e. The van der Waals surface area contributed by atoms with Gasteiger partial charge in [0.15, 0.2) is 0 Å². The van der Waals surface area contributed by atoms with Crippen LogP contribution >= 0.6 is 0 Å². The summed E-state index contributed by atoms with van der Waals surface area (Å²) in [6.07, 6.45) is 12.8. The zero-order valence-corrected chi connectivity index (χ0v) is 15.6. The molecular weight excluding hydrogens is 314 g/mol. The van der Waals surface area contributed by atoms with Gasteiger partial charge in [-0.3, -0.25) is 14.5 Å². The molecule has 0 spiro atoms. The normalized spacial score (nSPS) is 27.4. The Morgan fingerprint density at radius 3 is 2.68 bits per heavy atom. The molecular formula is C20H33N3O2. The highest BCUT2D eigenvalue weighted by molar-refractivity contribution is 5.78. The highest BCUT2D eigenvalue weighted by Gasteiger charge is 2.39. The molecule has 3 aliphatic rings. The lowest BCUT2D eigenvalue weighted by atomic mass is 9.97. The summed E-state index contributed by atoms with van der Waals surface area (Å²) in [5, 5.41) is 3.10. The van der Waals surface area contributed by atoms with Gasteiger partial charge in [0.05, 0.1) is 6.54 Å². The Morgan fingerprint density at radius 2 is 1.92 bits per heavy atom. The number of nitrogens with zero attached hydrogens (tertiary/aromatic N) is 2. The molecule has 0 unspecified atom stereocenters. The van der Waals surface area contributed by atoms with Gasteiger partial charge in [-0.05, 0) is 64.3 Å². The molecule has 5 heteroatoms. The molecule has 0 radical (unpaired) electrons. The van der Waals surface area contributed by atoms with Crippen molar-refractivity contribution >= 4 is 11.8 Å². The Hall–Kier alpha value is -1.36. The number of allylic oxidation sites excluding steroid dienone is 1. The van der Waals surface area contributed by atoms with E-state index in [1.807, 2.05) is 4.90 Å². The van der Waals surface area contributed by atoms with Gasteiger partial charge in [-0.25, -0.2) is 0 Å². The number of rotatable bonds is 6. The molecule has 3 rings (SSSR count). The van der Waals surface area contributed by atoms with Crippen LogP contribution in [-0.2, 0) is 9.59 Å². The fourth-order valence-electron chi connectivity index (χ4n) is 4.80. The van der Waals surface area contributed by atoms with Crippen molar-refractivity contribution in [3.63, 3.8) is 0 Å². The van der Waals surface area contributed by atoms with Crippen LogP contribution in [0.3, 0.4) is 0 Å². The minimum atomic E-state index is 0.135. The van der Waals surface area contributed by atoms with Gasteiger partial charge in [-0.1, -0.05) is 11.6 Å². The lowest BCUT2D eigenvalue weighted by Crippen LogP contribution is -2.50. The van der Waals surface area contributed by atoms with Gasteiger partial charge in [0, 0.05) is 32.1 Å². The molecule has 140 valence electrons. The Morgan fingerprint density at radius 1 is 1.12 bits per heavy atom. The zero-order valence-electron chi connectivity index (χ0n) is 15.6. The number of likely N-dealkylation sites (tertiary alicyclic amines) is 2. The SMILES string of the molecule is CC(=O)N1CCC[C@@H]1[C@H]1CCCN1CC(=O)NCCC1=CCCCC1. The molecule has 2 saturated heterocycles. The van der Waals surface area contributed by atoms with Crippen LogP contribution in [0.4, 0.5) is 0 Å². The van der Waals surface area contributed by atoms with E-state index in [9.17, 15) is 9.59 Å². The first-order chi connectivity index (χ1) is 12.1. The van der Waals surface area contributed by atoms with E-state index in [4.69, 9.17) is 0 Å². The summed E-state index contributed by atoms with van der Waals surface area (Å²) in [5.74, 6) is 0.315. The topological polar surface area (TPSA) is 52.7 Å². The van der Waals surface area contributed by atoms with Crippen LogP contribution in [0.5, 0.6) is 0 Å².